The summed E-state index contributed by atoms with van der Waals surface area (Å²) in [5, 5.41) is 11.1. The molecule has 2 saturated heterocycles. The predicted molar refractivity (Wildman–Crippen MR) is 174 cm³/mol. The van der Waals surface area contributed by atoms with E-state index in [1.165, 1.54) is 0 Å². The summed E-state index contributed by atoms with van der Waals surface area (Å²) in [6.07, 6.45) is 0.954. The molecule has 2 aliphatic rings. The molecule has 2 unspecified atom stereocenters. The fraction of sp³-hybridized carbons (Fsp3) is 0.909. The fourth-order valence-electron chi connectivity index (χ4n) is 5.21. The number of hydrogen-bond acceptors (Lipinski definition) is 13. The Kier molecular flexibility index (Phi) is 16.3. The highest BCUT2D eigenvalue weighted by Gasteiger charge is 2.35. The molecular weight excluding hydrogens is 596 g/mol. The number of hydrogen-bond donors (Lipinski definition) is 1. The lowest BCUT2D eigenvalue weighted by Gasteiger charge is -2.38. The number of carbonyl (C=O) groups is 3. The number of carbonyl (C=O) groups excluding carboxylic acids is 3. The Hall–Kier alpha value is -1.87. The minimum Gasteiger partial charge on any atom is -0.465 e. The lowest BCUT2D eigenvalue weighted by atomic mass is 10.1. The van der Waals surface area contributed by atoms with E-state index in [4.69, 9.17) is 23.7 Å². The standard InChI is InChI=1S/C33H62N4O9/c1-10-11-20-42-28(39)21-35-14-12-34(22-29(40)45-31(2,3)4)13-15-36(23-30(41)46-32(5,6)7)17-19-37(18-16-35)26-24-43-33(8,9)44-25-27(26)38/h26-27,38H,10-25H2,1-9H3. The van der Waals surface area contributed by atoms with Gasteiger partial charge in [0.2, 0.25) is 0 Å². The van der Waals surface area contributed by atoms with E-state index in [0.29, 0.717) is 59.0 Å². The molecule has 2 atom stereocenters. The average molecular weight is 659 g/mol. The van der Waals surface area contributed by atoms with Crippen LogP contribution in [-0.4, -0.2) is 164 Å². The Bertz CT molecular complexity index is 950. The third-order valence-corrected chi connectivity index (χ3v) is 7.65. The van der Waals surface area contributed by atoms with Gasteiger partial charge in [-0.05, 0) is 61.8 Å². The smallest absolute Gasteiger partial charge is 0.320 e. The SMILES string of the molecule is CCCCOC(=O)CN1CCN(CC(=O)OC(C)(C)C)CCN(CC(=O)OC(C)(C)C)CCN(C2COC(C)(C)OCC2O)CC1. The molecule has 13 nitrogen and oxygen atoms in total. The fourth-order valence-corrected chi connectivity index (χ4v) is 5.21. The van der Waals surface area contributed by atoms with Crippen molar-refractivity contribution >= 4 is 17.9 Å². The van der Waals surface area contributed by atoms with Crippen molar-refractivity contribution in [2.24, 2.45) is 0 Å². The highest BCUT2D eigenvalue weighted by atomic mass is 16.7. The Morgan fingerprint density at radius 3 is 1.57 bits per heavy atom. The third-order valence-electron chi connectivity index (χ3n) is 7.65. The molecule has 0 radical (unpaired) electrons. The van der Waals surface area contributed by atoms with Crippen LogP contribution >= 0.6 is 0 Å². The van der Waals surface area contributed by atoms with Gasteiger partial charge in [-0.2, -0.15) is 0 Å². The van der Waals surface area contributed by atoms with E-state index in [1.807, 2.05) is 77.0 Å². The maximum absolute atomic E-state index is 12.9. The van der Waals surface area contributed by atoms with Crippen LogP contribution in [0.2, 0.25) is 0 Å². The Morgan fingerprint density at radius 1 is 0.717 bits per heavy atom. The number of aliphatic hydroxyl groups excluding tert-OH is 1. The molecule has 0 saturated carbocycles. The van der Waals surface area contributed by atoms with Crippen molar-refractivity contribution in [3.63, 3.8) is 0 Å². The molecule has 0 amide bonds. The second kappa shape index (κ2) is 18.6. The van der Waals surface area contributed by atoms with Crippen LogP contribution in [0.15, 0.2) is 0 Å². The average Bonchev–Trinajstić information content (AvgIpc) is 3.04. The van der Waals surface area contributed by atoms with E-state index in [0.717, 1.165) is 12.8 Å². The molecule has 2 aliphatic heterocycles. The summed E-state index contributed by atoms with van der Waals surface area (Å²) in [7, 11) is 0. The van der Waals surface area contributed by atoms with Crippen LogP contribution in [-0.2, 0) is 38.1 Å². The zero-order chi connectivity index (χ0) is 34.5. The lowest BCUT2D eigenvalue weighted by Crippen LogP contribution is -2.54. The van der Waals surface area contributed by atoms with Gasteiger partial charge >= 0.3 is 17.9 Å². The molecule has 2 rings (SSSR count). The first-order valence-electron chi connectivity index (χ1n) is 16.8. The summed E-state index contributed by atoms with van der Waals surface area (Å²) in [4.78, 5) is 46.8. The largest absolute Gasteiger partial charge is 0.465 e. The molecule has 0 aromatic carbocycles. The number of esters is 3. The molecule has 2 heterocycles. The summed E-state index contributed by atoms with van der Waals surface area (Å²) < 4.78 is 28.5. The molecule has 46 heavy (non-hydrogen) atoms. The molecule has 0 aliphatic carbocycles. The minimum atomic E-state index is -0.823. The van der Waals surface area contributed by atoms with Crippen LogP contribution in [0.4, 0.5) is 0 Å². The summed E-state index contributed by atoms with van der Waals surface area (Å²) in [5.41, 5.74) is -1.23. The number of rotatable bonds is 10. The Balaban J connectivity index is 2.32. The monoisotopic (exact) mass is 658 g/mol. The van der Waals surface area contributed by atoms with Crippen LogP contribution < -0.4 is 0 Å². The van der Waals surface area contributed by atoms with Gasteiger partial charge in [0.1, 0.15) is 11.2 Å². The summed E-state index contributed by atoms with van der Waals surface area (Å²) >= 11 is 0. The number of unbranched alkanes of at least 4 members (excludes halogenated alkanes) is 1. The summed E-state index contributed by atoms with van der Waals surface area (Å²) in [5.74, 6) is -1.77. The normalized spacial score (nSPS) is 23.9. The molecule has 0 aromatic rings. The molecule has 268 valence electrons. The van der Waals surface area contributed by atoms with Gasteiger partial charge in [-0.15, -0.1) is 0 Å². The van der Waals surface area contributed by atoms with Gasteiger partial charge < -0.3 is 28.8 Å². The first-order chi connectivity index (χ1) is 21.4. The van der Waals surface area contributed by atoms with Gasteiger partial charge in [0.25, 0.3) is 0 Å². The molecule has 2 fully saturated rings. The van der Waals surface area contributed by atoms with Crippen molar-refractivity contribution in [2.45, 2.75) is 104 Å². The van der Waals surface area contributed by atoms with Crippen molar-refractivity contribution < 1.29 is 43.2 Å². The summed E-state index contributed by atoms with van der Waals surface area (Å²) in [6, 6.07) is -0.352. The highest BCUT2D eigenvalue weighted by molar-refractivity contribution is 5.73. The number of ether oxygens (including phenoxy) is 5. The first kappa shape index (κ1) is 40.3. The van der Waals surface area contributed by atoms with Gasteiger partial charge in [0, 0.05) is 52.4 Å². The Morgan fingerprint density at radius 2 is 1.13 bits per heavy atom. The van der Waals surface area contributed by atoms with Gasteiger partial charge in [0.05, 0.1) is 51.6 Å². The van der Waals surface area contributed by atoms with E-state index in [-0.39, 0.29) is 56.8 Å². The molecule has 1 N–H and O–H groups in total. The molecule has 0 aromatic heterocycles. The van der Waals surface area contributed by atoms with Crippen molar-refractivity contribution in [2.75, 3.05) is 91.8 Å². The second-order valence-electron chi connectivity index (χ2n) is 14.8. The van der Waals surface area contributed by atoms with Gasteiger partial charge in [0.15, 0.2) is 5.79 Å². The Labute approximate surface area is 276 Å². The second-order valence-corrected chi connectivity index (χ2v) is 14.8. The van der Waals surface area contributed by atoms with Crippen LogP contribution in [0.1, 0.15) is 75.2 Å². The van der Waals surface area contributed by atoms with Gasteiger partial charge in [-0.3, -0.25) is 34.0 Å². The maximum Gasteiger partial charge on any atom is 0.320 e. The van der Waals surface area contributed by atoms with Crippen molar-refractivity contribution in [3.05, 3.63) is 0 Å². The molecule has 0 spiro atoms. The van der Waals surface area contributed by atoms with Crippen LogP contribution in [0.3, 0.4) is 0 Å². The predicted octanol–water partition coefficient (Wildman–Crippen LogP) is 1.75. The van der Waals surface area contributed by atoms with Crippen molar-refractivity contribution in [1.29, 1.82) is 0 Å². The number of nitrogens with zero attached hydrogens (tertiary/aromatic N) is 4. The topological polar surface area (TPSA) is 131 Å². The molecule has 13 heteroatoms. The van der Waals surface area contributed by atoms with Crippen LogP contribution in [0, 0.1) is 0 Å². The summed E-state index contributed by atoms with van der Waals surface area (Å²) in [6.45, 7) is 21.9. The first-order valence-corrected chi connectivity index (χ1v) is 16.8. The highest BCUT2D eigenvalue weighted by Crippen LogP contribution is 2.21. The van der Waals surface area contributed by atoms with E-state index in [1.54, 1.807) is 0 Å². The third kappa shape index (κ3) is 16.8. The lowest BCUT2D eigenvalue weighted by molar-refractivity contribution is -0.204. The zero-order valence-corrected chi connectivity index (χ0v) is 30.0. The van der Waals surface area contributed by atoms with E-state index >= 15 is 0 Å². The van der Waals surface area contributed by atoms with Crippen LogP contribution in [0.25, 0.3) is 0 Å². The minimum absolute atomic E-state index is 0.0832. The van der Waals surface area contributed by atoms with Crippen molar-refractivity contribution in [3.8, 4) is 0 Å². The molecular formula is C33H62N4O9. The van der Waals surface area contributed by atoms with Gasteiger partial charge in [-0.1, -0.05) is 13.3 Å². The zero-order valence-electron chi connectivity index (χ0n) is 30.0. The number of aliphatic hydroxyl groups is 1. The van der Waals surface area contributed by atoms with Crippen LogP contribution in [0.5, 0.6) is 0 Å². The van der Waals surface area contributed by atoms with E-state index < -0.39 is 23.1 Å². The van der Waals surface area contributed by atoms with E-state index in [9.17, 15) is 19.5 Å². The maximum atomic E-state index is 12.9. The van der Waals surface area contributed by atoms with Crippen molar-refractivity contribution in [1.82, 2.24) is 19.6 Å². The quantitative estimate of drug-likeness (QED) is 0.208. The van der Waals surface area contributed by atoms with Gasteiger partial charge in [-0.25, -0.2) is 0 Å². The van der Waals surface area contributed by atoms with E-state index in [2.05, 4.69) is 4.90 Å². The molecule has 0 bridgehead atoms.